The number of likely N-dealkylation sites (N-methyl/N-ethyl adjacent to an activating group) is 1. The van der Waals surface area contributed by atoms with E-state index in [0.717, 1.165) is 5.56 Å². The number of carbonyl (C=O) groups is 2. The zero-order chi connectivity index (χ0) is 23.4. The molecule has 1 aromatic heterocycles. The lowest BCUT2D eigenvalue weighted by Crippen LogP contribution is -2.50. The number of halogens is 1. The Hall–Kier alpha value is -3.00. The number of pyridine rings is 1. The van der Waals surface area contributed by atoms with Crippen LogP contribution in [0.4, 0.5) is 4.39 Å². The van der Waals surface area contributed by atoms with E-state index < -0.39 is 6.04 Å². The van der Waals surface area contributed by atoms with E-state index in [1.165, 1.54) is 12.1 Å². The number of fused-ring (bicyclic) bond motifs is 1. The van der Waals surface area contributed by atoms with Crippen molar-refractivity contribution in [1.29, 1.82) is 0 Å². The highest BCUT2D eigenvalue weighted by Gasteiger charge is 2.34. The molecule has 1 N–H and O–H groups in total. The molecule has 0 saturated carbocycles. The van der Waals surface area contributed by atoms with Crippen LogP contribution < -0.4 is 4.74 Å². The number of rotatable bonds is 6. The van der Waals surface area contributed by atoms with E-state index >= 15 is 0 Å². The molecule has 1 aliphatic rings. The van der Waals surface area contributed by atoms with E-state index in [4.69, 9.17) is 4.74 Å². The number of hydrogen-bond acceptors (Lipinski definition) is 5. The molecule has 8 heteroatoms. The highest BCUT2D eigenvalue weighted by atomic mass is 19.1. The Labute approximate surface area is 187 Å². The molecular formula is C24H30FN3O4. The van der Waals surface area contributed by atoms with Crippen LogP contribution in [0, 0.1) is 11.7 Å². The van der Waals surface area contributed by atoms with Gasteiger partial charge in [-0.25, -0.2) is 9.37 Å². The van der Waals surface area contributed by atoms with E-state index in [1.807, 2.05) is 6.92 Å². The molecule has 0 bridgehead atoms. The van der Waals surface area contributed by atoms with Gasteiger partial charge in [0.15, 0.2) is 0 Å². The van der Waals surface area contributed by atoms with Crippen molar-refractivity contribution >= 4 is 11.8 Å². The second-order valence-electron chi connectivity index (χ2n) is 8.33. The van der Waals surface area contributed by atoms with Crippen LogP contribution in [0.1, 0.15) is 37.6 Å². The van der Waals surface area contributed by atoms with Crippen LogP contribution in [0.25, 0.3) is 11.1 Å². The Morgan fingerprint density at radius 3 is 2.66 bits per heavy atom. The Bertz CT molecular complexity index is 966. The fourth-order valence-corrected chi connectivity index (χ4v) is 3.76. The largest absolute Gasteiger partial charge is 0.472 e. The number of aliphatic hydroxyl groups is 1. The molecule has 0 saturated heterocycles. The second kappa shape index (κ2) is 10.1. The zero-order valence-electron chi connectivity index (χ0n) is 18.9. The maximum atomic E-state index is 13.4. The summed E-state index contributed by atoms with van der Waals surface area (Å²) >= 11 is 0. The summed E-state index contributed by atoms with van der Waals surface area (Å²) in [7, 11) is 1.73. The van der Waals surface area contributed by atoms with E-state index in [2.05, 4.69) is 4.98 Å². The maximum absolute atomic E-state index is 13.4. The Balaban J connectivity index is 2.03. The molecule has 2 amide bonds. The van der Waals surface area contributed by atoms with Gasteiger partial charge in [-0.05, 0) is 30.7 Å². The Morgan fingerprint density at radius 1 is 1.34 bits per heavy atom. The molecule has 172 valence electrons. The van der Waals surface area contributed by atoms with Crippen molar-refractivity contribution in [1.82, 2.24) is 14.8 Å². The van der Waals surface area contributed by atoms with Crippen LogP contribution in [-0.4, -0.2) is 70.6 Å². The average Bonchev–Trinajstić information content (AvgIpc) is 2.80. The SMILES string of the molecule is CCC(=O)N(C)C[C@H]1Oc2ncc(-c3ccc(F)cc3)cc2C(=O)N([C@@H](C)CO)C[C@H]1C. The van der Waals surface area contributed by atoms with Gasteiger partial charge >= 0.3 is 0 Å². The molecule has 7 nitrogen and oxygen atoms in total. The van der Waals surface area contributed by atoms with Gasteiger partial charge < -0.3 is 19.6 Å². The van der Waals surface area contributed by atoms with Crippen molar-refractivity contribution in [2.24, 2.45) is 5.92 Å². The number of aliphatic hydroxyl groups excluding tert-OH is 1. The molecule has 1 aliphatic heterocycles. The minimum absolute atomic E-state index is 0.000594. The van der Waals surface area contributed by atoms with Crippen LogP contribution >= 0.6 is 0 Å². The van der Waals surface area contributed by atoms with Crippen molar-refractivity contribution in [3.8, 4) is 17.0 Å². The van der Waals surface area contributed by atoms with Crippen LogP contribution in [0.15, 0.2) is 36.5 Å². The van der Waals surface area contributed by atoms with Crippen molar-refractivity contribution in [2.45, 2.75) is 39.3 Å². The van der Waals surface area contributed by atoms with Crippen LogP contribution in [0.2, 0.25) is 0 Å². The molecule has 2 heterocycles. The van der Waals surface area contributed by atoms with Crippen molar-refractivity contribution < 1.29 is 23.8 Å². The smallest absolute Gasteiger partial charge is 0.259 e. The van der Waals surface area contributed by atoms with Crippen molar-refractivity contribution in [3.05, 3.63) is 47.9 Å². The third kappa shape index (κ3) is 5.07. The summed E-state index contributed by atoms with van der Waals surface area (Å²) in [5, 5.41) is 9.75. The quantitative estimate of drug-likeness (QED) is 0.742. The van der Waals surface area contributed by atoms with Gasteiger partial charge in [-0.15, -0.1) is 0 Å². The van der Waals surface area contributed by atoms with Crippen LogP contribution in [0.5, 0.6) is 5.88 Å². The number of aromatic nitrogens is 1. The summed E-state index contributed by atoms with van der Waals surface area (Å²) in [5.41, 5.74) is 1.64. The van der Waals surface area contributed by atoms with E-state index in [0.29, 0.717) is 25.1 Å². The van der Waals surface area contributed by atoms with Gasteiger partial charge in [-0.2, -0.15) is 0 Å². The fourth-order valence-electron chi connectivity index (χ4n) is 3.76. The average molecular weight is 444 g/mol. The van der Waals surface area contributed by atoms with Crippen molar-refractivity contribution in [2.75, 3.05) is 26.7 Å². The second-order valence-corrected chi connectivity index (χ2v) is 8.33. The summed E-state index contributed by atoms with van der Waals surface area (Å²) in [6.45, 7) is 6.07. The normalized spacial score (nSPS) is 19.4. The Morgan fingerprint density at radius 2 is 2.03 bits per heavy atom. The monoisotopic (exact) mass is 443 g/mol. The van der Waals surface area contributed by atoms with Crippen molar-refractivity contribution in [3.63, 3.8) is 0 Å². The predicted molar refractivity (Wildman–Crippen MR) is 119 cm³/mol. The lowest BCUT2D eigenvalue weighted by molar-refractivity contribution is -0.131. The predicted octanol–water partition coefficient (Wildman–Crippen LogP) is 2.98. The summed E-state index contributed by atoms with van der Waals surface area (Å²) < 4.78 is 19.5. The number of carbonyl (C=O) groups excluding carboxylic acids is 2. The summed E-state index contributed by atoms with van der Waals surface area (Å²) in [4.78, 5) is 33.2. The van der Waals surface area contributed by atoms with Gasteiger partial charge in [-0.1, -0.05) is 26.0 Å². The Kier molecular flexibility index (Phi) is 7.45. The molecule has 0 aliphatic carbocycles. The molecular weight excluding hydrogens is 413 g/mol. The lowest BCUT2D eigenvalue weighted by atomic mass is 9.99. The first kappa shape index (κ1) is 23.7. The first-order valence-corrected chi connectivity index (χ1v) is 10.8. The number of ether oxygens (including phenoxy) is 1. The summed E-state index contributed by atoms with van der Waals surface area (Å²) in [5.74, 6) is -0.560. The first-order chi connectivity index (χ1) is 15.2. The molecule has 3 atom stereocenters. The van der Waals surface area contributed by atoms with Gasteiger partial charge in [0.25, 0.3) is 5.91 Å². The van der Waals surface area contributed by atoms with Crippen LogP contribution in [0.3, 0.4) is 0 Å². The topological polar surface area (TPSA) is 83.0 Å². The molecule has 32 heavy (non-hydrogen) atoms. The van der Waals surface area contributed by atoms with Gasteiger partial charge in [0.05, 0.1) is 19.2 Å². The van der Waals surface area contributed by atoms with Gasteiger partial charge in [0, 0.05) is 37.7 Å². The lowest BCUT2D eigenvalue weighted by Gasteiger charge is -2.37. The number of nitrogens with zero attached hydrogens (tertiary/aromatic N) is 3. The molecule has 2 aromatic rings. The molecule has 1 aromatic carbocycles. The van der Waals surface area contributed by atoms with Gasteiger partial charge in [-0.3, -0.25) is 9.59 Å². The first-order valence-electron chi connectivity index (χ1n) is 10.8. The minimum Gasteiger partial charge on any atom is -0.472 e. The molecule has 0 radical (unpaired) electrons. The maximum Gasteiger partial charge on any atom is 0.259 e. The number of benzene rings is 1. The highest BCUT2D eigenvalue weighted by Crippen LogP contribution is 2.30. The minimum atomic E-state index is -0.402. The van der Waals surface area contributed by atoms with Gasteiger partial charge in [0.2, 0.25) is 11.8 Å². The summed E-state index contributed by atoms with van der Waals surface area (Å²) in [6, 6.07) is 7.23. The third-order valence-corrected chi connectivity index (χ3v) is 5.88. The number of amides is 2. The highest BCUT2D eigenvalue weighted by molar-refractivity contribution is 5.98. The van der Waals surface area contributed by atoms with Gasteiger partial charge in [0.1, 0.15) is 17.5 Å². The molecule has 0 fully saturated rings. The third-order valence-electron chi connectivity index (χ3n) is 5.88. The van der Waals surface area contributed by atoms with Crippen LogP contribution in [-0.2, 0) is 4.79 Å². The summed E-state index contributed by atoms with van der Waals surface area (Å²) in [6.07, 6.45) is 1.59. The molecule has 0 unspecified atom stereocenters. The zero-order valence-corrected chi connectivity index (χ0v) is 18.9. The van der Waals surface area contributed by atoms with E-state index in [1.54, 1.807) is 55.1 Å². The molecule has 3 rings (SSSR count). The standard InChI is InChI=1S/C24H30FN3O4/c1-5-22(30)27(4)13-21-15(2)12-28(16(3)14-29)24(31)20-10-18(11-26-23(20)32-21)17-6-8-19(25)9-7-17/h6-11,15-16,21,29H,5,12-14H2,1-4H3/t15-,16+,21-/m1/s1. The number of hydrogen-bond donors (Lipinski definition) is 1. The fraction of sp³-hybridized carbons (Fsp3) is 0.458. The van der Waals surface area contributed by atoms with E-state index in [-0.39, 0.29) is 47.7 Å². The molecule has 0 spiro atoms. The van der Waals surface area contributed by atoms with E-state index in [9.17, 15) is 19.1 Å².